The van der Waals surface area contributed by atoms with Crippen molar-refractivity contribution in [3.8, 4) is 23.7 Å². The summed E-state index contributed by atoms with van der Waals surface area (Å²) in [4.78, 5) is 0. The van der Waals surface area contributed by atoms with Crippen LogP contribution in [0.25, 0.3) is 21.9 Å². The number of hydrogen-bond acceptors (Lipinski definition) is 0. The molecule has 0 atom stereocenters. The first-order valence-electron chi connectivity index (χ1n) is 10.9. The van der Waals surface area contributed by atoms with Crippen molar-refractivity contribution in [1.82, 2.24) is 0 Å². The van der Waals surface area contributed by atoms with Crippen molar-refractivity contribution in [1.29, 1.82) is 0 Å². The van der Waals surface area contributed by atoms with Crippen LogP contribution in [-0.2, 0) is 0 Å². The summed E-state index contributed by atoms with van der Waals surface area (Å²) in [6.07, 6.45) is 5.64. The van der Waals surface area contributed by atoms with Gasteiger partial charge in [0.05, 0.1) is 0 Å². The molecular formula is C32H26. The van der Waals surface area contributed by atoms with Gasteiger partial charge in [0.25, 0.3) is 0 Å². The van der Waals surface area contributed by atoms with E-state index in [2.05, 4.69) is 104 Å². The Hall–Kier alpha value is -4.00. The quantitative estimate of drug-likeness (QED) is 0.360. The SMILES string of the molecule is C=C(C)/C=C\C(=C)C#CC1=c2ccccc2=C(C#Cc2ccc(C)c3ccccc23)CC1. The monoisotopic (exact) mass is 410 g/mol. The summed E-state index contributed by atoms with van der Waals surface area (Å²) in [5.41, 5.74) is 6.46. The summed E-state index contributed by atoms with van der Waals surface area (Å²) in [5, 5.41) is 4.85. The van der Waals surface area contributed by atoms with Crippen LogP contribution in [0, 0.1) is 30.6 Å². The van der Waals surface area contributed by atoms with Gasteiger partial charge >= 0.3 is 0 Å². The zero-order chi connectivity index (χ0) is 22.5. The number of hydrogen-bond donors (Lipinski definition) is 0. The first kappa shape index (κ1) is 21.2. The summed E-state index contributed by atoms with van der Waals surface area (Å²) in [6, 6.07) is 21.2. The molecular weight excluding hydrogens is 384 g/mol. The zero-order valence-corrected chi connectivity index (χ0v) is 18.8. The number of benzene rings is 3. The minimum atomic E-state index is 0.791. The lowest BCUT2D eigenvalue weighted by Crippen LogP contribution is -2.31. The van der Waals surface area contributed by atoms with Gasteiger partial charge in [0.1, 0.15) is 0 Å². The van der Waals surface area contributed by atoms with Crippen molar-refractivity contribution >= 4 is 21.9 Å². The van der Waals surface area contributed by atoms with E-state index in [1.54, 1.807) is 0 Å². The van der Waals surface area contributed by atoms with E-state index in [1.807, 2.05) is 19.1 Å². The van der Waals surface area contributed by atoms with Crippen LogP contribution in [0.5, 0.6) is 0 Å². The van der Waals surface area contributed by atoms with E-state index in [0.29, 0.717) is 0 Å². The smallest absolute Gasteiger partial charge is 0.0327 e. The Labute approximate surface area is 191 Å². The molecule has 0 fully saturated rings. The fourth-order valence-corrected chi connectivity index (χ4v) is 3.93. The number of rotatable bonds is 2. The lowest BCUT2D eigenvalue weighted by molar-refractivity contribution is 1.07. The Kier molecular flexibility index (Phi) is 6.26. The van der Waals surface area contributed by atoms with E-state index in [-0.39, 0.29) is 0 Å². The average molecular weight is 411 g/mol. The Morgan fingerprint density at radius 1 is 0.750 bits per heavy atom. The molecule has 32 heavy (non-hydrogen) atoms. The summed E-state index contributed by atoms with van der Waals surface area (Å²) in [5.74, 6) is 13.5. The van der Waals surface area contributed by atoms with E-state index < -0.39 is 0 Å². The normalized spacial score (nSPS) is 12.6. The van der Waals surface area contributed by atoms with Gasteiger partial charge in [-0.25, -0.2) is 0 Å². The first-order chi connectivity index (χ1) is 15.5. The fourth-order valence-electron chi connectivity index (χ4n) is 3.93. The van der Waals surface area contributed by atoms with Crippen molar-refractivity contribution in [3.63, 3.8) is 0 Å². The second kappa shape index (κ2) is 9.43. The van der Waals surface area contributed by atoms with Crippen molar-refractivity contribution in [3.05, 3.63) is 119 Å². The van der Waals surface area contributed by atoms with Crippen molar-refractivity contribution in [2.75, 3.05) is 0 Å². The Morgan fingerprint density at radius 2 is 1.38 bits per heavy atom. The minimum Gasteiger partial charge on any atom is -0.0961 e. The first-order valence-corrected chi connectivity index (χ1v) is 10.9. The summed E-state index contributed by atoms with van der Waals surface area (Å²) in [6.45, 7) is 12.0. The zero-order valence-electron chi connectivity index (χ0n) is 18.8. The van der Waals surface area contributed by atoms with Gasteiger partial charge in [-0.1, -0.05) is 103 Å². The molecule has 0 nitrogen and oxygen atoms in total. The maximum absolute atomic E-state index is 4.03. The predicted molar refractivity (Wildman–Crippen MR) is 138 cm³/mol. The molecule has 0 bridgehead atoms. The molecule has 0 unspecified atom stereocenters. The molecule has 0 aliphatic heterocycles. The molecule has 0 heteroatoms. The predicted octanol–water partition coefficient (Wildman–Crippen LogP) is 5.99. The molecule has 0 saturated heterocycles. The molecule has 0 radical (unpaired) electrons. The van der Waals surface area contributed by atoms with E-state index in [9.17, 15) is 0 Å². The molecule has 1 aliphatic carbocycles. The Bertz CT molecular complexity index is 1520. The summed E-state index contributed by atoms with van der Waals surface area (Å²) < 4.78 is 0. The molecule has 0 aromatic heterocycles. The molecule has 154 valence electrons. The van der Waals surface area contributed by atoms with Crippen LogP contribution >= 0.6 is 0 Å². The van der Waals surface area contributed by atoms with Crippen LogP contribution in [0.4, 0.5) is 0 Å². The van der Waals surface area contributed by atoms with E-state index >= 15 is 0 Å². The molecule has 3 aromatic rings. The number of aryl methyl sites for hydroxylation is 1. The van der Waals surface area contributed by atoms with Gasteiger partial charge in [0.2, 0.25) is 0 Å². The highest BCUT2D eigenvalue weighted by atomic mass is 14.1. The molecule has 3 aromatic carbocycles. The van der Waals surface area contributed by atoms with Gasteiger partial charge < -0.3 is 0 Å². The lowest BCUT2D eigenvalue weighted by Gasteiger charge is -2.10. The average Bonchev–Trinajstić information content (AvgIpc) is 2.81. The third-order valence-corrected chi connectivity index (χ3v) is 5.64. The van der Waals surface area contributed by atoms with Crippen LogP contribution in [0.1, 0.15) is 30.9 Å². The molecule has 0 amide bonds. The standard InChI is InChI=1S/C32H26/c1-23(2)13-14-24(3)15-17-26-19-21-28(32-12-8-7-11-31(26)32)22-20-27-18-16-25(4)29-9-5-6-10-30(27)29/h5-14,16,18H,1,3,19,21H2,2,4H3/b14-13-. The summed E-state index contributed by atoms with van der Waals surface area (Å²) >= 11 is 0. The molecule has 1 aliphatic rings. The van der Waals surface area contributed by atoms with Gasteiger partial charge in [0, 0.05) is 22.3 Å². The van der Waals surface area contributed by atoms with Crippen LogP contribution < -0.4 is 10.4 Å². The Morgan fingerprint density at radius 3 is 2.06 bits per heavy atom. The molecule has 0 spiro atoms. The van der Waals surface area contributed by atoms with Gasteiger partial charge in [-0.2, -0.15) is 0 Å². The summed E-state index contributed by atoms with van der Waals surface area (Å²) in [7, 11) is 0. The van der Waals surface area contributed by atoms with E-state index in [4.69, 9.17) is 0 Å². The highest BCUT2D eigenvalue weighted by Crippen LogP contribution is 2.22. The Balaban J connectivity index is 1.79. The van der Waals surface area contributed by atoms with Gasteiger partial charge in [-0.05, 0) is 65.6 Å². The molecule has 0 N–H and O–H groups in total. The third-order valence-electron chi connectivity index (χ3n) is 5.64. The number of allylic oxidation sites excluding steroid dienone is 4. The van der Waals surface area contributed by atoms with Crippen LogP contribution in [0.15, 0.2) is 97.1 Å². The highest BCUT2D eigenvalue weighted by Gasteiger charge is 2.08. The topological polar surface area (TPSA) is 0 Å². The van der Waals surface area contributed by atoms with Crippen molar-refractivity contribution in [2.45, 2.75) is 26.7 Å². The van der Waals surface area contributed by atoms with Crippen molar-refractivity contribution < 1.29 is 0 Å². The van der Waals surface area contributed by atoms with Crippen LogP contribution in [0.2, 0.25) is 0 Å². The van der Waals surface area contributed by atoms with E-state index in [0.717, 1.165) is 35.1 Å². The van der Waals surface area contributed by atoms with Gasteiger partial charge in [0.15, 0.2) is 0 Å². The number of fused-ring (bicyclic) bond motifs is 2. The maximum Gasteiger partial charge on any atom is 0.0327 e. The van der Waals surface area contributed by atoms with Gasteiger partial charge in [-0.3, -0.25) is 0 Å². The third kappa shape index (κ3) is 4.67. The second-order valence-electron chi connectivity index (χ2n) is 8.18. The highest BCUT2D eigenvalue weighted by molar-refractivity contribution is 5.91. The van der Waals surface area contributed by atoms with E-state index in [1.165, 1.54) is 32.3 Å². The van der Waals surface area contributed by atoms with Crippen molar-refractivity contribution in [2.24, 2.45) is 0 Å². The molecule has 0 heterocycles. The van der Waals surface area contributed by atoms with Crippen LogP contribution in [-0.4, -0.2) is 0 Å². The maximum atomic E-state index is 4.03. The molecule has 0 saturated carbocycles. The molecule has 4 rings (SSSR count). The minimum absolute atomic E-state index is 0.791. The fraction of sp³-hybridized carbons (Fsp3) is 0.125. The van der Waals surface area contributed by atoms with Crippen LogP contribution in [0.3, 0.4) is 0 Å². The van der Waals surface area contributed by atoms with Gasteiger partial charge in [-0.15, -0.1) is 0 Å². The largest absolute Gasteiger partial charge is 0.0961 e. The second-order valence-corrected chi connectivity index (χ2v) is 8.18. The lowest BCUT2D eigenvalue weighted by atomic mass is 9.93.